The number of rotatable bonds is 7. The van der Waals surface area contributed by atoms with E-state index in [4.69, 9.17) is 0 Å². The zero-order valence-electron chi connectivity index (χ0n) is 16.1. The molecule has 1 saturated heterocycles. The van der Waals surface area contributed by atoms with Crippen LogP contribution in [0.1, 0.15) is 47.0 Å². The maximum absolute atomic E-state index is 11.8. The fourth-order valence-corrected chi connectivity index (χ4v) is 2.60. The number of hydrogen-bond donors (Lipinski definition) is 4. The number of nitrogens with one attached hydrogen (secondary N) is 3. The van der Waals surface area contributed by atoms with E-state index in [-0.39, 0.29) is 48.1 Å². The van der Waals surface area contributed by atoms with E-state index in [0.717, 1.165) is 52.0 Å². The van der Waals surface area contributed by atoms with Crippen LogP contribution in [0.3, 0.4) is 0 Å². The normalized spacial score (nSPS) is 16.9. The molecule has 0 spiro atoms. The van der Waals surface area contributed by atoms with Crippen molar-refractivity contribution >= 4 is 35.8 Å². The molecule has 1 aliphatic rings. The SMILES string of the molecule is CCNC(=NCC(=O)NC(C)(C)C)NCCCN1CCC(O)CC1.I. The molecule has 8 heteroatoms. The van der Waals surface area contributed by atoms with Crippen molar-refractivity contribution in [1.82, 2.24) is 20.9 Å². The minimum Gasteiger partial charge on any atom is -0.393 e. The quantitative estimate of drug-likeness (QED) is 0.193. The van der Waals surface area contributed by atoms with Gasteiger partial charge in [0.2, 0.25) is 5.91 Å². The molecule has 0 saturated carbocycles. The fraction of sp³-hybridized carbons (Fsp3) is 0.882. The van der Waals surface area contributed by atoms with E-state index < -0.39 is 0 Å². The Morgan fingerprint density at radius 2 is 1.88 bits per heavy atom. The van der Waals surface area contributed by atoms with Crippen molar-refractivity contribution in [3.05, 3.63) is 0 Å². The minimum atomic E-state index is -0.236. The zero-order valence-corrected chi connectivity index (χ0v) is 18.4. The second-order valence-corrected chi connectivity index (χ2v) is 7.35. The molecule has 1 aliphatic heterocycles. The lowest BCUT2D eigenvalue weighted by Gasteiger charge is -2.29. The Bertz CT molecular complexity index is 404. The van der Waals surface area contributed by atoms with Crippen LogP contribution in [0, 0.1) is 0 Å². The average Bonchev–Trinajstić information content (AvgIpc) is 2.49. The summed E-state index contributed by atoms with van der Waals surface area (Å²) in [5.74, 6) is 0.599. The Morgan fingerprint density at radius 3 is 2.44 bits per heavy atom. The van der Waals surface area contributed by atoms with Gasteiger partial charge in [-0.2, -0.15) is 0 Å². The van der Waals surface area contributed by atoms with Crippen molar-refractivity contribution in [3.8, 4) is 0 Å². The summed E-state index contributed by atoms with van der Waals surface area (Å²) in [7, 11) is 0. The van der Waals surface area contributed by atoms with Crippen molar-refractivity contribution in [2.45, 2.75) is 58.6 Å². The Labute approximate surface area is 169 Å². The Hall–Kier alpha value is -0.610. The van der Waals surface area contributed by atoms with Crippen LogP contribution >= 0.6 is 24.0 Å². The molecule has 25 heavy (non-hydrogen) atoms. The number of aliphatic hydroxyl groups is 1. The van der Waals surface area contributed by atoms with Gasteiger partial charge in [0.05, 0.1) is 6.10 Å². The van der Waals surface area contributed by atoms with Gasteiger partial charge in [-0.25, -0.2) is 4.99 Å². The average molecular weight is 469 g/mol. The number of piperidine rings is 1. The number of aliphatic hydroxyl groups excluding tert-OH is 1. The maximum atomic E-state index is 11.8. The molecule has 0 atom stereocenters. The third-order valence-corrected chi connectivity index (χ3v) is 3.74. The van der Waals surface area contributed by atoms with Gasteiger partial charge in [0, 0.05) is 31.7 Å². The molecule has 1 amide bonds. The lowest BCUT2D eigenvalue weighted by atomic mass is 10.1. The van der Waals surface area contributed by atoms with E-state index in [1.807, 2.05) is 27.7 Å². The van der Waals surface area contributed by atoms with Gasteiger partial charge < -0.3 is 26.0 Å². The van der Waals surface area contributed by atoms with Crippen LogP contribution in [0.25, 0.3) is 0 Å². The topological polar surface area (TPSA) is 89.0 Å². The van der Waals surface area contributed by atoms with Crippen molar-refractivity contribution in [3.63, 3.8) is 0 Å². The molecule has 0 aromatic heterocycles. The standard InChI is InChI=1S/C17H35N5O2.HI/c1-5-18-16(20-13-15(24)21-17(2,3)4)19-9-6-10-22-11-7-14(23)8-12-22;/h14,23H,5-13H2,1-4H3,(H,21,24)(H2,18,19,20);1H. The van der Waals surface area contributed by atoms with Gasteiger partial charge in [0.1, 0.15) is 6.54 Å². The van der Waals surface area contributed by atoms with E-state index in [0.29, 0.717) is 5.96 Å². The first-order valence-corrected chi connectivity index (χ1v) is 9.04. The summed E-state index contributed by atoms with van der Waals surface area (Å²) in [6, 6.07) is 0. The fourth-order valence-electron chi connectivity index (χ4n) is 2.60. The first-order chi connectivity index (χ1) is 11.3. The minimum absolute atomic E-state index is 0. The summed E-state index contributed by atoms with van der Waals surface area (Å²) in [5, 5.41) is 18.8. The lowest BCUT2D eigenvalue weighted by Crippen LogP contribution is -2.43. The first-order valence-electron chi connectivity index (χ1n) is 9.04. The first kappa shape index (κ1) is 24.4. The van der Waals surface area contributed by atoms with Crippen LogP contribution < -0.4 is 16.0 Å². The molecule has 148 valence electrons. The number of nitrogens with zero attached hydrogens (tertiary/aromatic N) is 2. The second kappa shape index (κ2) is 12.7. The van der Waals surface area contributed by atoms with Gasteiger partial charge in [-0.3, -0.25) is 4.79 Å². The van der Waals surface area contributed by atoms with Crippen molar-refractivity contribution in [2.24, 2.45) is 4.99 Å². The van der Waals surface area contributed by atoms with E-state index in [1.165, 1.54) is 0 Å². The summed E-state index contributed by atoms with van der Waals surface area (Å²) in [6.45, 7) is 12.5. The van der Waals surface area contributed by atoms with E-state index in [1.54, 1.807) is 0 Å². The highest BCUT2D eigenvalue weighted by atomic mass is 127. The molecule has 1 fully saturated rings. The zero-order chi connectivity index (χ0) is 18.0. The molecule has 0 aromatic carbocycles. The van der Waals surface area contributed by atoms with Gasteiger partial charge in [-0.05, 0) is 53.5 Å². The molecule has 0 aliphatic carbocycles. The van der Waals surface area contributed by atoms with Gasteiger partial charge in [0.25, 0.3) is 0 Å². The Morgan fingerprint density at radius 1 is 1.24 bits per heavy atom. The Kier molecular flexibility index (Phi) is 12.4. The third kappa shape index (κ3) is 12.4. The summed E-state index contributed by atoms with van der Waals surface area (Å²) >= 11 is 0. The molecular formula is C17H36IN5O2. The Balaban J connectivity index is 0.00000576. The third-order valence-electron chi connectivity index (χ3n) is 3.74. The smallest absolute Gasteiger partial charge is 0.242 e. The van der Waals surface area contributed by atoms with Crippen molar-refractivity contribution < 1.29 is 9.90 Å². The molecule has 0 radical (unpaired) electrons. The summed E-state index contributed by atoms with van der Waals surface area (Å²) in [5.41, 5.74) is -0.236. The molecule has 1 heterocycles. The number of halogens is 1. The maximum Gasteiger partial charge on any atom is 0.242 e. The van der Waals surface area contributed by atoms with Crippen molar-refractivity contribution in [2.75, 3.05) is 39.3 Å². The van der Waals surface area contributed by atoms with Gasteiger partial charge in [-0.1, -0.05) is 0 Å². The number of carbonyl (C=O) groups excluding carboxylic acids is 1. The highest BCUT2D eigenvalue weighted by Crippen LogP contribution is 2.09. The number of carbonyl (C=O) groups is 1. The molecule has 0 unspecified atom stereocenters. The molecule has 0 aromatic rings. The molecule has 0 bridgehead atoms. The van der Waals surface area contributed by atoms with E-state index >= 15 is 0 Å². The van der Waals surface area contributed by atoms with Crippen LogP contribution in [0.5, 0.6) is 0 Å². The molecule has 4 N–H and O–H groups in total. The number of likely N-dealkylation sites (tertiary alicyclic amines) is 1. The highest BCUT2D eigenvalue weighted by Gasteiger charge is 2.16. The summed E-state index contributed by atoms with van der Waals surface area (Å²) < 4.78 is 0. The second-order valence-electron chi connectivity index (χ2n) is 7.35. The van der Waals surface area contributed by atoms with E-state index in [2.05, 4.69) is 25.8 Å². The number of guanidine groups is 1. The summed E-state index contributed by atoms with van der Waals surface area (Å²) in [4.78, 5) is 18.5. The van der Waals surface area contributed by atoms with Gasteiger partial charge in [-0.15, -0.1) is 24.0 Å². The van der Waals surface area contributed by atoms with Gasteiger partial charge >= 0.3 is 0 Å². The highest BCUT2D eigenvalue weighted by molar-refractivity contribution is 14.0. The molecule has 7 nitrogen and oxygen atoms in total. The van der Waals surface area contributed by atoms with Crippen LogP contribution in [0.15, 0.2) is 4.99 Å². The molecule has 1 rings (SSSR count). The number of hydrogen-bond acceptors (Lipinski definition) is 4. The van der Waals surface area contributed by atoms with Crippen LogP contribution in [-0.4, -0.2) is 72.8 Å². The monoisotopic (exact) mass is 469 g/mol. The van der Waals surface area contributed by atoms with Crippen molar-refractivity contribution in [1.29, 1.82) is 0 Å². The van der Waals surface area contributed by atoms with E-state index in [9.17, 15) is 9.90 Å². The predicted octanol–water partition coefficient (Wildman–Crippen LogP) is 0.921. The van der Waals surface area contributed by atoms with Crippen LogP contribution in [0.4, 0.5) is 0 Å². The molecular weight excluding hydrogens is 433 g/mol. The summed E-state index contributed by atoms with van der Waals surface area (Å²) in [6.07, 6.45) is 2.64. The van der Waals surface area contributed by atoms with Gasteiger partial charge in [0.15, 0.2) is 5.96 Å². The number of amides is 1. The van der Waals surface area contributed by atoms with Crippen LogP contribution in [0.2, 0.25) is 0 Å². The lowest BCUT2D eigenvalue weighted by molar-refractivity contribution is -0.121. The number of aliphatic imine (C=N–C) groups is 1. The van der Waals surface area contributed by atoms with Crippen LogP contribution in [-0.2, 0) is 4.79 Å². The largest absolute Gasteiger partial charge is 0.393 e. The predicted molar refractivity (Wildman–Crippen MR) is 114 cm³/mol.